The molecule has 1 fully saturated rings. The molecule has 0 spiro atoms. The van der Waals surface area contributed by atoms with E-state index in [9.17, 15) is 0 Å². The summed E-state index contributed by atoms with van der Waals surface area (Å²) in [6.45, 7) is 3.67. The standard InChI is InChI=1S/C16H20N2O/c1-3-17-15-9-14(11-7-8-11)18-16-12(10-19-2)5-4-6-13(15)16/h4-6,9,11H,3,7-8,10H2,1-2H3,(H,17,18). The van der Waals surface area contributed by atoms with Crippen LogP contribution in [0.1, 0.15) is 36.9 Å². The van der Waals surface area contributed by atoms with E-state index >= 15 is 0 Å². The molecule has 3 nitrogen and oxygen atoms in total. The van der Waals surface area contributed by atoms with Crippen molar-refractivity contribution in [2.75, 3.05) is 19.0 Å². The van der Waals surface area contributed by atoms with E-state index in [1.165, 1.54) is 35.2 Å². The molecule has 0 radical (unpaired) electrons. The number of rotatable bonds is 5. The second-order valence-corrected chi connectivity index (χ2v) is 5.15. The normalized spacial score (nSPS) is 14.8. The molecule has 1 saturated carbocycles. The zero-order valence-corrected chi connectivity index (χ0v) is 11.6. The minimum absolute atomic E-state index is 0.615. The van der Waals surface area contributed by atoms with E-state index in [2.05, 4.69) is 36.5 Å². The molecule has 0 unspecified atom stereocenters. The van der Waals surface area contributed by atoms with E-state index in [1.54, 1.807) is 7.11 Å². The lowest BCUT2D eigenvalue weighted by atomic mass is 10.1. The number of hydrogen-bond acceptors (Lipinski definition) is 3. The van der Waals surface area contributed by atoms with Crippen LogP contribution >= 0.6 is 0 Å². The summed E-state index contributed by atoms with van der Waals surface area (Å²) in [4.78, 5) is 4.88. The van der Waals surface area contributed by atoms with Crippen LogP contribution in [0, 0.1) is 0 Å². The summed E-state index contributed by atoms with van der Waals surface area (Å²) in [5.41, 5.74) is 4.69. The number of benzene rings is 1. The van der Waals surface area contributed by atoms with Crippen LogP contribution in [-0.2, 0) is 11.3 Å². The lowest BCUT2D eigenvalue weighted by Crippen LogP contribution is -2.02. The predicted octanol–water partition coefficient (Wildman–Crippen LogP) is 3.69. The number of methoxy groups -OCH3 is 1. The Morgan fingerprint density at radius 2 is 2.21 bits per heavy atom. The minimum atomic E-state index is 0.615. The fraction of sp³-hybridized carbons (Fsp3) is 0.438. The van der Waals surface area contributed by atoms with Crippen LogP contribution in [0.25, 0.3) is 10.9 Å². The molecule has 1 heterocycles. The molecule has 0 aliphatic heterocycles. The zero-order valence-electron chi connectivity index (χ0n) is 11.6. The molecule has 1 aliphatic carbocycles. The van der Waals surface area contributed by atoms with Gasteiger partial charge in [-0.3, -0.25) is 4.98 Å². The van der Waals surface area contributed by atoms with Crippen molar-refractivity contribution >= 4 is 16.6 Å². The molecular weight excluding hydrogens is 236 g/mol. The van der Waals surface area contributed by atoms with Crippen molar-refractivity contribution in [2.24, 2.45) is 0 Å². The van der Waals surface area contributed by atoms with Crippen molar-refractivity contribution in [2.45, 2.75) is 32.3 Å². The van der Waals surface area contributed by atoms with E-state index < -0.39 is 0 Å². The monoisotopic (exact) mass is 256 g/mol. The van der Waals surface area contributed by atoms with Crippen LogP contribution in [0.5, 0.6) is 0 Å². The molecule has 0 atom stereocenters. The smallest absolute Gasteiger partial charge is 0.0781 e. The highest BCUT2D eigenvalue weighted by atomic mass is 16.5. The van der Waals surface area contributed by atoms with Crippen LogP contribution in [0.3, 0.4) is 0 Å². The van der Waals surface area contributed by atoms with Crippen molar-refractivity contribution in [3.63, 3.8) is 0 Å². The van der Waals surface area contributed by atoms with Crippen LogP contribution in [0.4, 0.5) is 5.69 Å². The summed E-state index contributed by atoms with van der Waals surface area (Å²) in [5.74, 6) is 0.664. The second kappa shape index (κ2) is 5.17. The highest BCUT2D eigenvalue weighted by Gasteiger charge is 2.26. The Bertz CT molecular complexity index is 591. The average Bonchev–Trinajstić information content (AvgIpc) is 3.24. The van der Waals surface area contributed by atoms with Gasteiger partial charge < -0.3 is 10.1 Å². The lowest BCUT2D eigenvalue weighted by Gasteiger charge is -2.13. The molecular formula is C16H20N2O. The molecule has 0 amide bonds. The zero-order chi connectivity index (χ0) is 13.2. The molecule has 2 aromatic rings. The van der Waals surface area contributed by atoms with Gasteiger partial charge in [-0.1, -0.05) is 18.2 Å². The van der Waals surface area contributed by atoms with Gasteiger partial charge in [0.25, 0.3) is 0 Å². The third kappa shape index (κ3) is 2.43. The third-order valence-corrected chi connectivity index (χ3v) is 3.61. The Kier molecular flexibility index (Phi) is 3.38. The number of aromatic nitrogens is 1. The second-order valence-electron chi connectivity index (χ2n) is 5.15. The highest BCUT2D eigenvalue weighted by molar-refractivity contribution is 5.93. The topological polar surface area (TPSA) is 34.2 Å². The summed E-state index contributed by atoms with van der Waals surface area (Å²) < 4.78 is 5.29. The SMILES string of the molecule is CCNc1cc(C2CC2)nc2c(COC)cccc12. The first-order valence-corrected chi connectivity index (χ1v) is 6.98. The summed E-state index contributed by atoms with van der Waals surface area (Å²) in [7, 11) is 1.73. The number of ether oxygens (including phenoxy) is 1. The van der Waals surface area contributed by atoms with Crippen LogP contribution in [-0.4, -0.2) is 18.6 Å². The largest absolute Gasteiger partial charge is 0.385 e. The van der Waals surface area contributed by atoms with Crippen LogP contribution in [0.15, 0.2) is 24.3 Å². The first-order chi connectivity index (χ1) is 9.33. The number of fused-ring (bicyclic) bond motifs is 1. The maximum absolute atomic E-state index is 5.29. The quantitative estimate of drug-likeness (QED) is 0.886. The number of para-hydroxylation sites is 1. The molecule has 19 heavy (non-hydrogen) atoms. The maximum atomic E-state index is 5.29. The molecule has 3 heteroatoms. The lowest BCUT2D eigenvalue weighted by molar-refractivity contribution is 0.186. The average molecular weight is 256 g/mol. The summed E-state index contributed by atoms with van der Waals surface area (Å²) in [6.07, 6.45) is 2.55. The summed E-state index contributed by atoms with van der Waals surface area (Å²) in [6, 6.07) is 8.54. The Hall–Kier alpha value is -1.61. The summed E-state index contributed by atoms with van der Waals surface area (Å²) in [5, 5.41) is 4.66. The van der Waals surface area contributed by atoms with Crippen molar-refractivity contribution < 1.29 is 4.74 Å². The fourth-order valence-corrected chi connectivity index (χ4v) is 2.52. The van der Waals surface area contributed by atoms with Gasteiger partial charge in [0.15, 0.2) is 0 Å². The van der Waals surface area contributed by atoms with E-state index in [0.717, 1.165) is 12.1 Å². The molecule has 1 aliphatic rings. The Morgan fingerprint density at radius 1 is 1.37 bits per heavy atom. The number of nitrogens with zero attached hydrogens (tertiary/aromatic N) is 1. The van der Waals surface area contributed by atoms with Gasteiger partial charge in [0.05, 0.1) is 12.1 Å². The van der Waals surface area contributed by atoms with E-state index in [0.29, 0.717) is 12.5 Å². The van der Waals surface area contributed by atoms with Crippen LogP contribution < -0.4 is 5.32 Å². The molecule has 3 rings (SSSR count). The third-order valence-electron chi connectivity index (χ3n) is 3.61. The van der Waals surface area contributed by atoms with Gasteiger partial charge in [0.2, 0.25) is 0 Å². The number of anilines is 1. The van der Waals surface area contributed by atoms with Gasteiger partial charge in [0, 0.05) is 41.9 Å². The number of nitrogens with one attached hydrogen (secondary N) is 1. The first kappa shape index (κ1) is 12.4. The highest BCUT2D eigenvalue weighted by Crippen LogP contribution is 2.41. The van der Waals surface area contributed by atoms with Gasteiger partial charge >= 0.3 is 0 Å². The predicted molar refractivity (Wildman–Crippen MR) is 78.6 cm³/mol. The molecule has 0 saturated heterocycles. The van der Waals surface area contributed by atoms with Gasteiger partial charge in [-0.15, -0.1) is 0 Å². The van der Waals surface area contributed by atoms with Gasteiger partial charge in [-0.2, -0.15) is 0 Å². The molecule has 1 N–H and O–H groups in total. The summed E-state index contributed by atoms with van der Waals surface area (Å²) >= 11 is 0. The number of hydrogen-bond donors (Lipinski definition) is 1. The van der Waals surface area contributed by atoms with E-state index in [1.807, 2.05) is 0 Å². The Morgan fingerprint density at radius 3 is 2.89 bits per heavy atom. The Balaban J connectivity index is 2.18. The maximum Gasteiger partial charge on any atom is 0.0781 e. The molecule has 1 aromatic carbocycles. The molecule has 1 aromatic heterocycles. The molecule has 0 bridgehead atoms. The van der Waals surface area contributed by atoms with Gasteiger partial charge in [-0.25, -0.2) is 0 Å². The van der Waals surface area contributed by atoms with E-state index in [4.69, 9.17) is 9.72 Å². The van der Waals surface area contributed by atoms with Crippen molar-refractivity contribution in [1.29, 1.82) is 0 Å². The van der Waals surface area contributed by atoms with Crippen molar-refractivity contribution in [3.05, 3.63) is 35.5 Å². The first-order valence-electron chi connectivity index (χ1n) is 6.98. The van der Waals surface area contributed by atoms with Gasteiger partial charge in [-0.05, 0) is 25.8 Å². The van der Waals surface area contributed by atoms with Crippen LogP contribution in [0.2, 0.25) is 0 Å². The van der Waals surface area contributed by atoms with E-state index in [-0.39, 0.29) is 0 Å². The molecule has 100 valence electrons. The fourth-order valence-electron chi connectivity index (χ4n) is 2.52. The van der Waals surface area contributed by atoms with Crippen molar-refractivity contribution in [1.82, 2.24) is 4.98 Å². The minimum Gasteiger partial charge on any atom is -0.385 e. The van der Waals surface area contributed by atoms with Crippen molar-refractivity contribution in [3.8, 4) is 0 Å². The Labute approximate surface area is 114 Å². The van der Waals surface area contributed by atoms with Gasteiger partial charge in [0.1, 0.15) is 0 Å². The number of pyridine rings is 1.